The molecule has 0 spiro atoms. The smallest absolute Gasteiger partial charge is 0.277 e. The van der Waals surface area contributed by atoms with Gasteiger partial charge in [-0.25, -0.2) is 18.2 Å². The van der Waals surface area contributed by atoms with Crippen LogP contribution in [-0.4, -0.2) is 46.1 Å². The second-order valence-electron chi connectivity index (χ2n) is 7.82. The Hall–Kier alpha value is -3.81. The van der Waals surface area contributed by atoms with Crippen molar-refractivity contribution in [3.05, 3.63) is 75.6 Å². The maximum Gasteiger partial charge on any atom is 0.277 e. The number of hydrogen-bond acceptors (Lipinski definition) is 7. The summed E-state index contributed by atoms with van der Waals surface area (Å²) in [5, 5.41) is 7.98. The van der Waals surface area contributed by atoms with Crippen LogP contribution in [0.1, 0.15) is 38.4 Å². The molecule has 4 aromatic rings. The van der Waals surface area contributed by atoms with E-state index in [1.807, 2.05) is 14.1 Å². The molecule has 1 atom stereocenters. The summed E-state index contributed by atoms with van der Waals surface area (Å²) in [5.74, 6) is -4.01. The fourth-order valence-corrected chi connectivity index (χ4v) is 4.79. The molecule has 3 N–H and O–H groups in total. The van der Waals surface area contributed by atoms with E-state index in [0.29, 0.717) is 23.9 Å². The Morgan fingerprint density at radius 1 is 1.22 bits per heavy atom. The van der Waals surface area contributed by atoms with Gasteiger partial charge < -0.3 is 20.5 Å². The number of halogens is 4. The normalized spacial score (nSPS) is 14.4. The van der Waals surface area contributed by atoms with E-state index in [-0.39, 0.29) is 50.2 Å². The van der Waals surface area contributed by atoms with Crippen molar-refractivity contribution in [3.63, 3.8) is 0 Å². The summed E-state index contributed by atoms with van der Waals surface area (Å²) < 4.78 is 46.9. The predicted molar refractivity (Wildman–Crippen MR) is 131 cm³/mol. The molecule has 0 saturated carbocycles. The molecule has 2 aromatic heterocycles. The third-order valence-corrected chi connectivity index (χ3v) is 6.45. The first kappa shape index (κ1) is 26.3. The van der Waals surface area contributed by atoms with Crippen molar-refractivity contribution in [1.82, 2.24) is 24.6 Å². The average molecular weight is 551 g/mol. The minimum atomic E-state index is -1.05. The molecule has 0 saturated heterocycles. The summed E-state index contributed by atoms with van der Waals surface area (Å²) in [6.45, 7) is -0.286. The molecule has 1 aliphatic rings. The highest BCUT2D eigenvalue weighted by Gasteiger charge is 2.34. The number of fused-ring (bicyclic) bond motifs is 2. The zero-order valence-electron chi connectivity index (χ0n) is 19.2. The first-order valence-electron chi connectivity index (χ1n) is 10.6. The number of amides is 2. The maximum absolute atomic E-state index is 14.0. The van der Waals surface area contributed by atoms with Crippen molar-refractivity contribution in [2.24, 2.45) is 0 Å². The monoisotopic (exact) mass is 550 g/mol. The summed E-state index contributed by atoms with van der Waals surface area (Å²) in [6, 6.07) is 4.16. The second kappa shape index (κ2) is 10.7. The summed E-state index contributed by atoms with van der Waals surface area (Å²) in [4.78, 5) is 41.0. The first-order valence-corrected chi connectivity index (χ1v) is 11.8. The zero-order valence-corrected chi connectivity index (χ0v) is 20.8. The standard InChI is InChI=1S/C21H11ClF3N5O3S.C2H7N/c22-12-2-1-8(23)3-10(12)16-18-20(26-14(7-31)30(18)6-15(32)27-16)28-21(33)17-11-4-9(24)5-13(25)19(11)34-29-17;1-3-2/h1-5,7,16H,6H2,(H,27,32)(H,28,33);3H,1-2H3. The fourth-order valence-electron chi connectivity index (χ4n) is 3.80. The van der Waals surface area contributed by atoms with Crippen LogP contribution in [0.5, 0.6) is 0 Å². The van der Waals surface area contributed by atoms with Crippen LogP contribution >= 0.6 is 23.1 Å². The summed E-state index contributed by atoms with van der Waals surface area (Å²) in [7, 11) is 3.75. The predicted octanol–water partition coefficient (Wildman–Crippen LogP) is 3.68. The van der Waals surface area contributed by atoms with Crippen molar-refractivity contribution in [1.29, 1.82) is 0 Å². The van der Waals surface area contributed by atoms with Gasteiger partial charge in [0.25, 0.3) is 5.91 Å². The molecule has 5 rings (SSSR count). The van der Waals surface area contributed by atoms with Gasteiger partial charge >= 0.3 is 0 Å². The molecule has 2 amide bonds. The zero-order chi connectivity index (χ0) is 26.9. The molecule has 9 nitrogen and oxygen atoms in total. The van der Waals surface area contributed by atoms with Gasteiger partial charge in [0.2, 0.25) is 5.91 Å². The molecule has 0 bridgehead atoms. The van der Waals surface area contributed by atoms with Crippen LogP contribution < -0.4 is 16.0 Å². The van der Waals surface area contributed by atoms with Crippen LogP contribution in [0.15, 0.2) is 30.3 Å². The average Bonchev–Trinajstić information content (AvgIpc) is 3.42. The van der Waals surface area contributed by atoms with Gasteiger partial charge in [0.05, 0.1) is 16.4 Å². The summed E-state index contributed by atoms with van der Waals surface area (Å²) in [6.07, 6.45) is 0.394. The van der Waals surface area contributed by atoms with Crippen LogP contribution in [0.2, 0.25) is 5.02 Å². The lowest BCUT2D eigenvalue weighted by molar-refractivity contribution is -0.123. The van der Waals surface area contributed by atoms with Crippen LogP contribution in [0.4, 0.5) is 19.0 Å². The number of anilines is 1. The fraction of sp³-hybridized carbons (Fsp3) is 0.174. The SMILES string of the molecule is CNC.O=Cc1nc(NC(=O)c2nsc3c(F)cc(F)cc23)c2n1CC(=O)NC2c1cc(F)ccc1Cl. The molecule has 37 heavy (non-hydrogen) atoms. The number of imidazole rings is 1. The third kappa shape index (κ3) is 5.05. The van der Waals surface area contributed by atoms with Gasteiger partial charge in [0.15, 0.2) is 17.9 Å². The van der Waals surface area contributed by atoms with E-state index >= 15 is 0 Å². The first-order chi connectivity index (χ1) is 17.7. The molecule has 1 aliphatic heterocycles. The van der Waals surface area contributed by atoms with Gasteiger partial charge in [-0.15, -0.1) is 0 Å². The Morgan fingerprint density at radius 2 is 1.95 bits per heavy atom. The van der Waals surface area contributed by atoms with Gasteiger partial charge in [-0.1, -0.05) is 11.6 Å². The summed E-state index contributed by atoms with van der Waals surface area (Å²) in [5.41, 5.74) is 0.0829. The minimum absolute atomic E-state index is 0.0105. The van der Waals surface area contributed by atoms with E-state index in [1.54, 1.807) is 0 Å². The van der Waals surface area contributed by atoms with Crippen LogP contribution in [-0.2, 0) is 11.3 Å². The quantitative estimate of drug-likeness (QED) is 0.334. The molecule has 0 aliphatic carbocycles. The van der Waals surface area contributed by atoms with Crippen molar-refractivity contribution < 1.29 is 27.6 Å². The van der Waals surface area contributed by atoms with E-state index in [9.17, 15) is 27.6 Å². The van der Waals surface area contributed by atoms with Gasteiger partial charge in [-0.05, 0) is 49.9 Å². The van der Waals surface area contributed by atoms with E-state index < -0.39 is 35.3 Å². The molecular weight excluding hydrogens is 533 g/mol. The van der Waals surface area contributed by atoms with Gasteiger partial charge in [-0.2, -0.15) is 4.37 Å². The highest BCUT2D eigenvalue weighted by atomic mass is 35.5. The minimum Gasteiger partial charge on any atom is -0.342 e. The lowest BCUT2D eigenvalue weighted by atomic mass is 10.0. The Morgan fingerprint density at radius 3 is 2.65 bits per heavy atom. The third-order valence-electron chi connectivity index (χ3n) is 5.23. The van der Waals surface area contributed by atoms with Crippen molar-refractivity contribution in [3.8, 4) is 0 Å². The van der Waals surface area contributed by atoms with E-state index in [0.717, 1.165) is 18.2 Å². The van der Waals surface area contributed by atoms with E-state index in [4.69, 9.17) is 11.6 Å². The molecule has 2 aromatic carbocycles. The number of hydrogen-bond donors (Lipinski definition) is 3. The second-order valence-corrected chi connectivity index (χ2v) is 9.00. The Kier molecular flexibility index (Phi) is 7.57. The Balaban J connectivity index is 0.00000102. The lowest BCUT2D eigenvalue weighted by Gasteiger charge is -2.27. The number of carbonyl (C=O) groups is 3. The number of nitrogens with zero attached hydrogens (tertiary/aromatic N) is 3. The Labute approximate surface area is 216 Å². The lowest BCUT2D eigenvalue weighted by Crippen LogP contribution is -2.40. The highest BCUT2D eigenvalue weighted by molar-refractivity contribution is 7.13. The maximum atomic E-state index is 14.0. The number of aldehydes is 1. The number of nitrogens with one attached hydrogen (secondary N) is 3. The molecular formula is C23H18ClF3N6O3S. The molecule has 1 unspecified atom stereocenters. The number of benzene rings is 2. The molecule has 192 valence electrons. The number of carbonyl (C=O) groups excluding carboxylic acids is 3. The van der Waals surface area contributed by atoms with Crippen molar-refractivity contribution in [2.75, 3.05) is 19.4 Å². The van der Waals surface area contributed by atoms with Crippen LogP contribution in [0.3, 0.4) is 0 Å². The number of rotatable bonds is 4. The van der Waals surface area contributed by atoms with Gasteiger partial charge in [0.1, 0.15) is 29.7 Å². The van der Waals surface area contributed by atoms with Crippen molar-refractivity contribution in [2.45, 2.75) is 12.6 Å². The van der Waals surface area contributed by atoms with Gasteiger partial charge in [-0.3, -0.25) is 14.4 Å². The van der Waals surface area contributed by atoms with Crippen molar-refractivity contribution >= 4 is 57.1 Å². The summed E-state index contributed by atoms with van der Waals surface area (Å²) >= 11 is 6.91. The van der Waals surface area contributed by atoms with Crippen LogP contribution in [0, 0.1) is 17.5 Å². The van der Waals surface area contributed by atoms with E-state index in [2.05, 4.69) is 25.3 Å². The molecule has 0 fully saturated rings. The topological polar surface area (TPSA) is 118 Å². The highest BCUT2D eigenvalue weighted by Crippen LogP contribution is 2.36. The molecule has 3 heterocycles. The van der Waals surface area contributed by atoms with E-state index in [1.165, 1.54) is 10.6 Å². The molecule has 14 heteroatoms. The van der Waals surface area contributed by atoms with Crippen LogP contribution in [0.25, 0.3) is 10.1 Å². The number of aromatic nitrogens is 3. The molecule has 0 radical (unpaired) electrons. The largest absolute Gasteiger partial charge is 0.342 e. The Bertz CT molecular complexity index is 1540. The van der Waals surface area contributed by atoms with Gasteiger partial charge in [0, 0.05) is 22.0 Å².